The predicted octanol–water partition coefficient (Wildman–Crippen LogP) is 6.85. The largest absolute Gasteiger partial charge is 0.673 e. The number of halogens is 4. The van der Waals surface area contributed by atoms with Gasteiger partial charge in [-0.25, -0.2) is 0 Å². The molecule has 3 aliphatic heterocycles. The molecule has 4 nitrogen and oxygen atoms in total. The predicted molar refractivity (Wildman–Crippen MR) is 172 cm³/mol. The van der Waals surface area contributed by atoms with Crippen LogP contribution >= 0.6 is 0 Å². The van der Waals surface area contributed by atoms with E-state index in [1.807, 2.05) is 0 Å². The molecule has 3 heterocycles. The third-order valence-electron chi connectivity index (χ3n) is 9.24. The maximum atomic E-state index is 9.75. The van der Waals surface area contributed by atoms with Crippen molar-refractivity contribution in [2.45, 2.75) is 128 Å². The van der Waals surface area contributed by atoms with E-state index in [2.05, 4.69) is 110 Å². The minimum absolute atomic E-state index is 0.0338. The Hall–Kier alpha value is -2.33. The lowest BCUT2D eigenvalue weighted by Crippen LogP contribution is -2.67. The van der Waals surface area contributed by atoms with Gasteiger partial charge in [-0.1, -0.05) is 101 Å². The summed E-state index contributed by atoms with van der Waals surface area (Å²) >= 11 is 0. The van der Waals surface area contributed by atoms with Crippen molar-refractivity contribution in [3.05, 3.63) is 60.7 Å². The molecule has 5 atom stereocenters. The molecule has 1 saturated heterocycles. The number of hydrogen-bond donors (Lipinski definition) is 2. The molecular weight excluding hydrogens is 569 g/mol. The van der Waals surface area contributed by atoms with Gasteiger partial charge in [-0.05, 0) is 54.9 Å². The van der Waals surface area contributed by atoms with Crippen molar-refractivity contribution in [2.24, 2.45) is 0 Å². The second-order valence-corrected chi connectivity index (χ2v) is 18.0. The zero-order valence-corrected chi connectivity index (χ0v) is 27.5. The Morgan fingerprint density at radius 3 is 1.93 bits per heavy atom. The van der Waals surface area contributed by atoms with Gasteiger partial charge in [0.1, 0.15) is 0 Å². The number of nitrogens with zero attached hydrogens (tertiary/aromatic N) is 1. The van der Waals surface area contributed by atoms with Gasteiger partial charge in [-0.2, -0.15) is 0 Å². The van der Waals surface area contributed by atoms with Gasteiger partial charge in [0.2, 0.25) is 0 Å². The third kappa shape index (κ3) is 8.65. The number of guanidine groups is 1. The number of hydrogen-bond acceptors (Lipinski definition) is 3. The Kier molecular flexibility index (Phi) is 11.1. The molecule has 0 aromatic heterocycles. The zero-order valence-electron chi connectivity index (χ0n) is 26.5. The SMILES string of the molecule is CC(CCCCC[C@H]1C[C@H]2CC[C@H]3C[C@@H](C)NC(=[N+]23)N1)O[Si](c1ccccc1)(c1ccccc1)C(C)(C)C.F[B-](F)(F)F. The van der Waals surface area contributed by atoms with Gasteiger partial charge in [0.15, 0.2) is 0 Å². The maximum absolute atomic E-state index is 9.75. The highest BCUT2D eigenvalue weighted by atomic mass is 28.4. The van der Waals surface area contributed by atoms with E-state index >= 15 is 0 Å². The van der Waals surface area contributed by atoms with Gasteiger partial charge >= 0.3 is 13.2 Å². The number of benzene rings is 2. The molecule has 10 heteroatoms. The van der Waals surface area contributed by atoms with Crippen LogP contribution in [0.1, 0.15) is 92.4 Å². The van der Waals surface area contributed by atoms with Crippen molar-refractivity contribution < 1.29 is 26.3 Å². The summed E-state index contributed by atoms with van der Waals surface area (Å²) in [6, 6.07) is 24.8. The summed E-state index contributed by atoms with van der Waals surface area (Å²) in [5, 5.41) is 10.4. The number of unbranched alkanes of at least 4 members (excludes halogenated alkanes) is 2. The Morgan fingerprint density at radius 1 is 0.860 bits per heavy atom. The molecule has 238 valence electrons. The first kappa shape index (κ1) is 33.6. The minimum atomic E-state index is -6.00. The van der Waals surface area contributed by atoms with Gasteiger partial charge in [0, 0.05) is 18.9 Å². The lowest BCUT2D eigenvalue weighted by Gasteiger charge is -2.44. The summed E-state index contributed by atoms with van der Waals surface area (Å²) in [5.74, 6) is 1.33. The average molecular weight is 620 g/mol. The molecule has 0 bridgehead atoms. The topological polar surface area (TPSA) is 36.3 Å². The summed E-state index contributed by atoms with van der Waals surface area (Å²) in [6.07, 6.45) is 11.8. The Labute approximate surface area is 256 Å². The second-order valence-electron chi connectivity index (χ2n) is 13.7. The summed E-state index contributed by atoms with van der Waals surface area (Å²) in [5.41, 5.74) is 0. The van der Waals surface area contributed by atoms with Crippen LogP contribution < -0.4 is 21.0 Å². The zero-order chi connectivity index (χ0) is 31.3. The van der Waals surface area contributed by atoms with Gasteiger partial charge in [-0.15, -0.1) is 0 Å². The van der Waals surface area contributed by atoms with Gasteiger partial charge in [0.25, 0.3) is 8.32 Å². The van der Waals surface area contributed by atoms with Gasteiger partial charge in [0.05, 0.1) is 24.2 Å². The fraction of sp³-hybridized carbons (Fsp3) is 0.606. The monoisotopic (exact) mass is 619 g/mol. The number of rotatable bonds is 10. The molecule has 2 N–H and O–H groups in total. The van der Waals surface area contributed by atoms with Gasteiger partial charge < -0.3 is 21.7 Å². The molecule has 2 aromatic rings. The quantitative estimate of drug-likeness (QED) is 0.132. The second kappa shape index (κ2) is 14.2. The van der Waals surface area contributed by atoms with Crippen LogP contribution in [-0.4, -0.2) is 56.4 Å². The van der Waals surface area contributed by atoms with Crippen molar-refractivity contribution in [2.75, 3.05) is 0 Å². The third-order valence-corrected chi connectivity index (χ3v) is 14.4. The standard InChI is InChI=1S/C33H49N3OSi.BF4/c1-25-23-28-21-22-29-24-27(35-32(34-25)36(28)29)16-10-6-9-15-26(2)37-38(33(3,4)5,30-17-11-7-12-18-30)31-19-13-8-14-20-31;2-1(3,4)5/h7-8,11-14,17-20,25-29H,6,9-10,15-16,21-24H2,1-5H3,(H,34,35);/q;-1/p+1/t25-,26?,27+,28+,29-;/m1./s1. The fourth-order valence-electron chi connectivity index (χ4n) is 7.50. The van der Waals surface area contributed by atoms with Crippen molar-refractivity contribution in [3.8, 4) is 0 Å². The highest BCUT2D eigenvalue weighted by Gasteiger charge is 2.51. The van der Waals surface area contributed by atoms with E-state index in [4.69, 9.17) is 4.43 Å². The van der Waals surface area contributed by atoms with Crippen molar-refractivity contribution in [1.82, 2.24) is 10.6 Å². The fourth-order valence-corrected chi connectivity index (χ4v) is 12.2. The van der Waals surface area contributed by atoms with Crippen LogP contribution in [0.5, 0.6) is 0 Å². The van der Waals surface area contributed by atoms with Crippen molar-refractivity contribution >= 4 is 31.9 Å². The highest BCUT2D eigenvalue weighted by molar-refractivity contribution is 6.99. The van der Waals surface area contributed by atoms with Crippen LogP contribution in [0.4, 0.5) is 17.3 Å². The Balaban J connectivity index is 0.000000782. The molecular formula is C33H50BF4N3OSi. The molecule has 3 aliphatic rings. The lowest BCUT2D eigenvalue weighted by atomic mass is 9.97. The first-order valence-electron chi connectivity index (χ1n) is 16.1. The lowest BCUT2D eigenvalue weighted by molar-refractivity contribution is -0.593. The summed E-state index contributed by atoms with van der Waals surface area (Å²) in [6.45, 7) is 11.8. The molecule has 1 fully saturated rings. The number of nitrogens with one attached hydrogen (secondary N) is 2. The van der Waals surface area contributed by atoms with E-state index < -0.39 is 15.6 Å². The Bertz CT molecular complexity index is 1150. The highest BCUT2D eigenvalue weighted by Crippen LogP contribution is 2.38. The van der Waals surface area contributed by atoms with E-state index in [-0.39, 0.29) is 11.1 Å². The first-order chi connectivity index (χ1) is 20.3. The van der Waals surface area contributed by atoms with Crippen LogP contribution in [0.15, 0.2) is 60.7 Å². The summed E-state index contributed by atoms with van der Waals surface area (Å²) in [7, 11) is -8.46. The molecule has 5 rings (SSSR count). The smallest absolute Gasteiger partial charge is 0.418 e. The molecule has 0 saturated carbocycles. The van der Waals surface area contributed by atoms with Crippen molar-refractivity contribution in [1.29, 1.82) is 0 Å². The average Bonchev–Trinajstić information content (AvgIpc) is 3.34. The molecule has 0 spiro atoms. The molecule has 1 unspecified atom stereocenters. The molecule has 0 radical (unpaired) electrons. The Morgan fingerprint density at radius 2 is 1.40 bits per heavy atom. The molecule has 0 aliphatic carbocycles. The van der Waals surface area contributed by atoms with Crippen LogP contribution in [0.3, 0.4) is 0 Å². The molecule has 2 aromatic carbocycles. The van der Waals surface area contributed by atoms with Gasteiger partial charge in [-0.3, -0.25) is 15.2 Å². The van der Waals surface area contributed by atoms with Crippen LogP contribution in [0.2, 0.25) is 5.04 Å². The maximum Gasteiger partial charge on any atom is 0.673 e. The summed E-state index contributed by atoms with van der Waals surface area (Å²) in [4.78, 5) is 0. The van der Waals surface area contributed by atoms with E-state index in [0.717, 1.165) is 18.5 Å². The van der Waals surface area contributed by atoms with E-state index in [9.17, 15) is 17.3 Å². The van der Waals surface area contributed by atoms with E-state index in [1.54, 1.807) is 0 Å². The molecule has 0 amide bonds. The summed E-state index contributed by atoms with van der Waals surface area (Å²) < 4.78 is 49.0. The van der Waals surface area contributed by atoms with Crippen LogP contribution in [-0.2, 0) is 4.43 Å². The minimum Gasteiger partial charge on any atom is -0.418 e. The first-order valence-corrected chi connectivity index (χ1v) is 18.0. The van der Waals surface area contributed by atoms with Crippen molar-refractivity contribution in [3.63, 3.8) is 0 Å². The molecule has 43 heavy (non-hydrogen) atoms. The normalized spacial score (nSPS) is 24.3. The van der Waals surface area contributed by atoms with E-state index in [1.165, 1.54) is 67.7 Å². The van der Waals surface area contributed by atoms with Crippen LogP contribution in [0, 0.1) is 0 Å². The van der Waals surface area contributed by atoms with Crippen LogP contribution in [0.25, 0.3) is 0 Å². The van der Waals surface area contributed by atoms with E-state index in [0.29, 0.717) is 12.1 Å².